The van der Waals surface area contributed by atoms with Gasteiger partial charge in [-0.25, -0.2) is 0 Å². The lowest BCUT2D eigenvalue weighted by Crippen LogP contribution is -2.51. The number of carbonyl (C=O) groups is 3. The molecule has 0 aromatic rings. The molecule has 2 rings (SSSR count). The number of hydrogen-bond donors (Lipinski definition) is 3. The van der Waals surface area contributed by atoms with Crippen molar-refractivity contribution in [2.45, 2.75) is 51.5 Å². The minimum Gasteiger partial charge on any atom is -0.481 e. The molecule has 3 N–H and O–H groups in total. The van der Waals surface area contributed by atoms with Crippen molar-refractivity contribution in [1.29, 1.82) is 0 Å². The van der Waals surface area contributed by atoms with Crippen LogP contribution >= 0.6 is 0 Å². The van der Waals surface area contributed by atoms with E-state index in [2.05, 4.69) is 10.6 Å². The average molecular weight is 365 g/mol. The molecule has 0 unspecified atom stereocenters. The zero-order valence-electron chi connectivity index (χ0n) is 15.8. The van der Waals surface area contributed by atoms with Crippen molar-refractivity contribution < 1.29 is 19.5 Å². The minimum absolute atomic E-state index is 0.0363. The van der Waals surface area contributed by atoms with E-state index in [9.17, 15) is 14.4 Å². The van der Waals surface area contributed by atoms with E-state index in [1.165, 1.54) is 0 Å². The third-order valence-corrected chi connectivity index (χ3v) is 5.05. The number of amides is 2. The highest BCUT2D eigenvalue weighted by Gasteiger charge is 2.31. The number of nitrogens with one attached hydrogen (secondary N) is 2. The van der Waals surface area contributed by atoms with Gasteiger partial charge in [0.05, 0.1) is 12.3 Å². The van der Waals surface area contributed by atoms with Gasteiger partial charge in [-0.1, -0.05) is 6.08 Å². The molecule has 2 heterocycles. The number of carbonyl (C=O) groups excluding carboxylic acids is 2. The molecule has 0 radical (unpaired) electrons. The van der Waals surface area contributed by atoms with Crippen LogP contribution in [-0.2, 0) is 14.4 Å². The molecule has 0 aromatic carbocycles. The molecule has 2 fully saturated rings. The molecule has 2 aliphatic rings. The number of carboxylic acid groups (broad SMARTS) is 1. The number of likely N-dealkylation sites (tertiary alicyclic amines) is 1. The van der Waals surface area contributed by atoms with Crippen molar-refractivity contribution in [2.24, 2.45) is 11.8 Å². The van der Waals surface area contributed by atoms with Gasteiger partial charge in [0, 0.05) is 18.6 Å². The Balaban J connectivity index is 1.87. The molecule has 7 nitrogen and oxygen atoms in total. The lowest BCUT2D eigenvalue weighted by molar-refractivity contribution is -0.139. The molecule has 2 saturated heterocycles. The first-order valence-corrected chi connectivity index (χ1v) is 9.48. The standard InChI is InChI=1S/C19H31N3O4/c1-19(2,12-17(24)25)21-18(26)15-4-3-11-22(13-15)16(23)6-5-14-7-9-20-10-8-14/h5-6,14-15,20H,3-4,7-13H2,1-2H3,(H,21,26)(H,24,25)/b6-5+/t15-/m1/s1. The number of piperidine rings is 2. The summed E-state index contributed by atoms with van der Waals surface area (Å²) in [6, 6.07) is 0. The van der Waals surface area contributed by atoms with Crippen molar-refractivity contribution in [3.63, 3.8) is 0 Å². The third kappa shape index (κ3) is 6.44. The van der Waals surface area contributed by atoms with E-state index < -0.39 is 11.5 Å². The summed E-state index contributed by atoms with van der Waals surface area (Å²) >= 11 is 0. The fraction of sp³-hybridized carbons (Fsp3) is 0.737. The Morgan fingerprint density at radius 3 is 2.58 bits per heavy atom. The number of nitrogens with zero attached hydrogens (tertiary/aromatic N) is 1. The summed E-state index contributed by atoms with van der Waals surface area (Å²) in [5.41, 5.74) is -0.801. The van der Waals surface area contributed by atoms with Crippen LogP contribution in [0.5, 0.6) is 0 Å². The molecular formula is C19H31N3O4. The smallest absolute Gasteiger partial charge is 0.305 e. The van der Waals surface area contributed by atoms with Gasteiger partial charge in [-0.3, -0.25) is 14.4 Å². The van der Waals surface area contributed by atoms with Crippen LogP contribution in [0.1, 0.15) is 46.0 Å². The number of hydrogen-bond acceptors (Lipinski definition) is 4. The van der Waals surface area contributed by atoms with Crippen molar-refractivity contribution in [1.82, 2.24) is 15.5 Å². The van der Waals surface area contributed by atoms with E-state index in [0.717, 1.165) is 38.8 Å². The predicted octanol–water partition coefficient (Wildman–Crippen LogP) is 1.15. The lowest BCUT2D eigenvalue weighted by Gasteiger charge is -2.34. The van der Waals surface area contributed by atoms with Crippen LogP contribution in [0.25, 0.3) is 0 Å². The molecule has 2 aliphatic heterocycles. The van der Waals surface area contributed by atoms with Gasteiger partial charge >= 0.3 is 5.97 Å². The molecule has 26 heavy (non-hydrogen) atoms. The molecule has 0 spiro atoms. The van der Waals surface area contributed by atoms with Gasteiger partial charge in [0.15, 0.2) is 0 Å². The monoisotopic (exact) mass is 365 g/mol. The van der Waals surface area contributed by atoms with Crippen LogP contribution in [0.4, 0.5) is 0 Å². The molecule has 0 aromatic heterocycles. The second kappa shape index (κ2) is 9.16. The maximum absolute atomic E-state index is 12.5. The van der Waals surface area contributed by atoms with E-state index >= 15 is 0 Å². The van der Waals surface area contributed by atoms with Crippen LogP contribution in [-0.4, -0.2) is 59.5 Å². The number of carboxylic acids is 1. The highest BCUT2D eigenvalue weighted by molar-refractivity contribution is 5.88. The Labute approximate surface area is 155 Å². The molecule has 146 valence electrons. The van der Waals surface area contributed by atoms with Crippen LogP contribution in [0, 0.1) is 11.8 Å². The van der Waals surface area contributed by atoms with Crippen molar-refractivity contribution >= 4 is 17.8 Å². The third-order valence-electron chi connectivity index (χ3n) is 5.05. The van der Waals surface area contributed by atoms with Gasteiger partial charge < -0.3 is 20.6 Å². The summed E-state index contributed by atoms with van der Waals surface area (Å²) in [4.78, 5) is 37.6. The molecule has 1 atom stereocenters. The summed E-state index contributed by atoms with van der Waals surface area (Å²) in [6.07, 6.45) is 7.13. The Kier molecular flexibility index (Phi) is 7.20. The molecular weight excluding hydrogens is 334 g/mol. The van der Waals surface area contributed by atoms with Gasteiger partial charge in [0.1, 0.15) is 0 Å². The van der Waals surface area contributed by atoms with Gasteiger partial charge in [-0.15, -0.1) is 0 Å². The summed E-state index contributed by atoms with van der Waals surface area (Å²) < 4.78 is 0. The van der Waals surface area contributed by atoms with Gasteiger partial charge in [0.2, 0.25) is 11.8 Å². The van der Waals surface area contributed by atoms with Crippen molar-refractivity contribution in [3.8, 4) is 0 Å². The SMILES string of the molecule is CC(C)(CC(=O)O)NC(=O)[C@@H]1CCCN(C(=O)/C=C/C2CCNCC2)C1. The zero-order valence-corrected chi connectivity index (χ0v) is 15.8. The highest BCUT2D eigenvalue weighted by Crippen LogP contribution is 2.20. The summed E-state index contributed by atoms with van der Waals surface area (Å²) in [5.74, 6) is -0.991. The first-order valence-electron chi connectivity index (χ1n) is 9.48. The topological polar surface area (TPSA) is 98.7 Å². The zero-order chi connectivity index (χ0) is 19.2. The van der Waals surface area contributed by atoms with Gasteiger partial charge in [-0.05, 0) is 64.6 Å². The Hall–Kier alpha value is -1.89. The maximum Gasteiger partial charge on any atom is 0.305 e. The first kappa shape index (κ1) is 20.4. The van der Waals surface area contributed by atoms with Crippen LogP contribution in [0.2, 0.25) is 0 Å². The van der Waals surface area contributed by atoms with Crippen molar-refractivity contribution in [3.05, 3.63) is 12.2 Å². The molecule has 7 heteroatoms. The number of aliphatic carboxylic acids is 1. The molecule has 0 saturated carbocycles. The largest absolute Gasteiger partial charge is 0.481 e. The molecule has 0 bridgehead atoms. The van der Waals surface area contributed by atoms with E-state index in [0.29, 0.717) is 19.0 Å². The first-order chi connectivity index (χ1) is 12.3. The summed E-state index contributed by atoms with van der Waals surface area (Å²) in [7, 11) is 0. The number of rotatable bonds is 6. The van der Waals surface area contributed by atoms with Crippen LogP contribution in [0.3, 0.4) is 0 Å². The highest BCUT2D eigenvalue weighted by atomic mass is 16.4. The van der Waals surface area contributed by atoms with E-state index in [1.807, 2.05) is 6.08 Å². The van der Waals surface area contributed by atoms with E-state index in [-0.39, 0.29) is 24.2 Å². The normalized spacial score (nSPS) is 22.4. The quantitative estimate of drug-likeness (QED) is 0.613. The Bertz CT molecular complexity index is 553. The Morgan fingerprint density at radius 1 is 1.23 bits per heavy atom. The number of allylic oxidation sites excluding steroid dienone is 1. The predicted molar refractivity (Wildman–Crippen MR) is 98.5 cm³/mol. The maximum atomic E-state index is 12.5. The fourth-order valence-corrected chi connectivity index (χ4v) is 3.61. The lowest BCUT2D eigenvalue weighted by atomic mass is 9.93. The van der Waals surface area contributed by atoms with Crippen LogP contribution < -0.4 is 10.6 Å². The summed E-state index contributed by atoms with van der Waals surface area (Å²) in [6.45, 7) is 6.43. The average Bonchev–Trinajstić information content (AvgIpc) is 2.59. The van der Waals surface area contributed by atoms with Gasteiger partial charge in [0.25, 0.3) is 0 Å². The second-order valence-electron chi connectivity index (χ2n) is 8.01. The minimum atomic E-state index is -0.946. The van der Waals surface area contributed by atoms with Crippen LogP contribution in [0.15, 0.2) is 12.2 Å². The molecule has 0 aliphatic carbocycles. The van der Waals surface area contributed by atoms with Crippen molar-refractivity contribution in [2.75, 3.05) is 26.2 Å². The van der Waals surface area contributed by atoms with E-state index in [1.54, 1.807) is 24.8 Å². The van der Waals surface area contributed by atoms with E-state index in [4.69, 9.17) is 5.11 Å². The fourth-order valence-electron chi connectivity index (χ4n) is 3.61. The van der Waals surface area contributed by atoms with Gasteiger partial charge in [-0.2, -0.15) is 0 Å². The Morgan fingerprint density at radius 2 is 1.92 bits per heavy atom. The summed E-state index contributed by atoms with van der Waals surface area (Å²) in [5, 5.41) is 15.1. The molecule has 2 amide bonds. The second-order valence-corrected chi connectivity index (χ2v) is 8.01.